The second-order valence-corrected chi connectivity index (χ2v) is 6.27. The number of fused-ring (bicyclic) bond motifs is 1. The number of amides is 1. The molecule has 2 aromatic carbocycles. The Balaban J connectivity index is 1.68. The van der Waals surface area contributed by atoms with E-state index in [-0.39, 0.29) is 18.3 Å². The number of hydrogen-bond donors (Lipinski definition) is 1. The number of hydrogen-bond acceptors (Lipinski definition) is 2. The van der Waals surface area contributed by atoms with Crippen LogP contribution in [0.25, 0.3) is 0 Å². The fourth-order valence-corrected chi connectivity index (χ4v) is 3.08. The van der Waals surface area contributed by atoms with Crippen molar-refractivity contribution in [1.29, 1.82) is 0 Å². The van der Waals surface area contributed by atoms with Gasteiger partial charge in [0.05, 0.1) is 12.1 Å². The van der Waals surface area contributed by atoms with Crippen molar-refractivity contribution in [2.45, 2.75) is 25.4 Å². The minimum absolute atomic E-state index is 0.0552. The third-order valence-corrected chi connectivity index (χ3v) is 4.34. The van der Waals surface area contributed by atoms with Crippen molar-refractivity contribution in [3.63, 3.8) is 0 Å². The molecular formula is C19H18F4N2O. The number of aryl methyl sites for hydroxylation is 1. The molecule has 0 bridgehead atoms. The van der Waals surface area contributed by atoms with E-state index >= 15 is 0 Å². The second-order valence-electron chi connectivity index (χ2n) is 6.27. The number of halogens is 4. The van der Waals surface area contributed by atoms with Crippen LogP contribution in [-0.4, -0.2) is 19.0 Å². The molecule has 1 aliphatic rings. The van der Waals surface area contributed by atoms with E-state index in [0.29, 0.717) is 12.2 Å². The summed E-state index contributed by atoms with van der Waals surface area (Å²) in [4.78, 5) is 14.2. The molecule has 0 aromatic heterocycles. The summed E-state index contributed by atoms with van der Waals surface area (Å²) < 4.78 is 51.2. The molecule has 0 aliphatic carbocycles. The van der Waals surface area contributed by atoms with Gasteiger partial charge in [-0.05, 0) is 67.3 Å². The van der Waals surface area contributed by atoms with Gasteiger partial charge in [-0.15, -0.1) is 0 Å². The number of nitrogens with one attached hydrogen (secondary N) is 1. The highest BCUT2D eigenvalue weighted by atomic mass is 19.4. The molecule has 1 N–H and O–H groups in total. The molecule has 0 fully saturated rings. The van der Waals surface area contributed by atoms with Crippen LogP contribution in [0.3, 0.4) is 0 Å². The van der Waals surface area contributed by atoms with Crippen molar-refractivity contribution in [3.05, 3.63) is 59.4 Å². The largest absolute Gasteiger partial charge is 0.416 e. The van der Waals surface area contributed by atoms with Crippen LogP contribution in [0.5, 0.6) is 0 Å². The first-order chi connectivity index (χ1) is 12.3. The van der Waals surface area contributed by atoms with Gasteiger partial charge in [0.2, 0.25) is 5.91 Å². The summed E-state index contributed by atoms with van der Waals surface area (Å²) in [7, 11) is 0. The molecule has 1 aliphatic heterocycles. The van der Waals surface area contributed by atoms with Crippen LogP contribution in [0.4, 0.5) is 28.9 Å². The van der Waals surface area contributed by atoms with Crippen molar-refractivity contribution in [2.75, 3.05) is 23.3 Å². The SMILES string of the molecule is O=C(CN1CCCCc2cc(F)ccc21)Nc1ccc(C(F)(F)F)cc1. The van der Waals surface area contributed by atoms with E-state index in [4.69, 9.17) is 0 Å². The summed E-state index contributed by atoms with van der Waals surface area (Å²) in [5, 5.41) is 2.61. The molecule has 0 atom stereocenters. The maximum atomic E-state index is 13.4. The molecular weight excluding hydrogens is 348 g/mol. The Bertz CT molecular complexity index is 787. The Morgan fingerprint density at radius 3 is 2.50 bits per heavy atom. The first-order valence-corrected chi connectivity index (χ1v) is 8.33. The van der Waals surface area contributed by atoms with Gasteiger partial charge < -0.3 is 10.2 Å². The lowest BCUT2D eigenvalue weighted by Gasteiger charge is -2.24. The summed E-state index contributed by atoms with van der Waals surface area (Å²) in [6.07, 6.45) is -1.87. The zero-order valence-electron chi connectivity index (χ0n) is 13.9. The van der Waals surface area contributed by atoms with Gasteiger partial charge in [0, 0.05) is 17.9 Å². The van der Waals surface area contributed by atoms with Crippen LogP contribution in [0.15, 0.2) is 42.5 Å². The van der Waals surface area contributed by atoms with E-state index in [1.807, 2.05) is 4.90 Å². The molecule has 0 spiro atoms. The first kappa shape index (κ1) is 18.2. The molecule has 0 radical (unpaired) electrons. The Morgan fingerprint density at radius 2 is 1.81 bits per heavy atom. The highest BCUT2D eigenvalue weighted by Gasteiger charge is 2.30. The summed E-state index contributed by atoms with van der Waals surface area (Å²) in [5.41, 5.74) is 1.23. The molecule has 138 valence electrons. The van der Waals surface area contributed by atoms with E-state index < -0.39 is 11.7 Å². The maximum Gasteiger partial charge on any atom is 0.416 e. The van der Waals surface area contributed by atoms with Crippen molar-refractivity contribution in [2.24, 2.45) is 0 Å². The number of alkyl halides is 3. The predicted octanol–water partition coefficient (Wildman–Crippen LogP) is 4.63. The zero-order chi connectivity index (χ0) is 18.7. The number of rotatable bonds is 3. The fraction of sp³-hybridized carbons (Fsp3) is 0.316. The maximum absolute atomic E-state index is 13.4. The van der Waals surface area contributed by atoms with Crippen molar-refractivity contribution in [1.82, 2.24) is 0 Å². The van der Waals surface area contributed by atoms with Crippen molar-refractivity contribution >= 4 is 17.3 Å². The second kappa shape index (κ2) is 7.35. The fourth-order valence-electron chi connectivity index (χ4n) is 3.08. The highest BCUT2D eigenvalue weighted by molar-refractivity contribution is 5.94. The van der Waals surface area contributed by atoms with E-state index in [9.17, 15) is 22.4 Å². The topological polar surface area (TPSA) is 32.3 Å². The van der Waals surface area contributed by atoms with Gasteiger partial charge in [-0.1, -0.05) is 0 Å². The van der Waals surface area contributed by atoms with Gasteiger partial charge in [-0.2, -0.15) is 13.2 Å². The van der Waals surface area contributed by atoms with Crippen LogP contribution in [0.1, 0.15) is 24.0 Å². The number of carbonyl (C=O) groups excluding carboxylic acids is 1. The van der Waals surface area contributed by atoms with Gasteiger partial charge in [0.1, 0.15) is 5.82 Å². The van der Waals surface area contributed by atoms with Crippen LogP contribution in [0.2, 0.25) is 0 Å². The number of nitrogens with zero attached hydrogens (tertiary/aromatic N) is 1. The lowest BCUT2D eigenvalue weighted by molar-refractivity contribution is -0.137. The van der Waals surface area contributed by atoms with Crippen LogP contribution >= 0.6 is 0 Å². The monoisotopic (exact) mass is 366 g/mol. The molecule has 2 aromatic rings. The third kappa shape index (κ3) is 4.33. The van der Waals surface area contributed by atoms with Gasteiger partial charge >= 0.3 is 6.18 Å². The summed E-state index contributed by atoms with van der Waals surface area (Å²) in [6, 6.07) is 8.84. The Morgan fingerprint density at radius 1 is 1.08 bits per heavy atom. The third-order valence-electron chi connectivity index (χ3n) is 4.34. The molecule has 3 nitrogen and oxygen atoms in total. The van der Waals surface area contributed by atoms with E-state index in [0.717, 1.165) is 42.6 Å². The summed E-state index contributed by atoms with van der Waals surface area (Å²) in [6.45, 7) is 0.721. The van der Waals surface area contributed by atoms with Crippen LogP contribution in [-0.2, 0) is 17.4 Å². The molecule has 0 saturated heterocycles. The van der Waals surface area contributed by atoms with Crippen molar-refractivity contribution in [3.8, 4) is 0 Å². The van der Waals surface area contributed by atoms with E-state index in [1.54, 1.807) is 6.07 Å². The smallest absolute Gasteiger partial charge is 0.362 e. The number of carbonyl (C=O) groups is 1. The molecule has 1 amide bonds. The lowest BCUT2D eigenvalue weighted by Crippen LogP contribution is -2.34. The first-order valence-electron chi connectivity index (χ1n) is 8.33. The normalized spacial score (nSPS) is 14.5. The number of benzene rings is 2. The van der Waals surface area contributed by atoms with Crippen LogP contribution in [0, 0.1) is 5.82 Å². The molecule has 26 heavy (non-hydrogen) atoms. The average molecular weight is 366 g/mol. The zero-order valence-corrected chi connectivity index (χ0v) is 13.9. The van der Waals surface area contributed by atoms with Crippen molar-refractivity contribution < 1.29 is 22.4 Å². The van der Waals surface area contributed by atoms with Gasteiger partial charge in [-0.25, -0.2) is 4.39 Å². The standard InChI is InChI=1S/C19H18F4N2O/c20-15-6-9-17-13(11-15)3-1-2-10-25(17)12-18(26)24-16-7-4-14(5-8-16)19(21,22)23/h4-9,11H,1-3,10,12H2,(H,24,26). The molecule has 7 heteroatoms. The molecule has 3 rings (SSSR count). The Labute approximate surface area is 148 Å². The molecule has 1 heterocycles. The van der Waals surface area contributed by atoms with Gasteiger partial charge in [0.25, 0.3) is 0 Å². The average Bonchev–Trinajstić information content (AvgIpc) is 2.76. The van der Waals surface area contributed by atoms with E-state index in [2.05, 4.69) is 5.32 Å². The predicted molar refractivity (Wildman–Crippen MR) is 91.6 cm³/mol. The minimum Gasteiger partial charge on any atom is -0.362 e. The summed E-state index contributed by atoms with van der Waals surface area (Å²) in [5.74, 6) is -0.637. The van der Waals surface area contributed by atoms with Gasteiger partial charge in [-0.3, -0.25) is 4.79 Å². The highest BCUT2D eigenvalue weighted by Crippen LogP contribution is 2.30. The molecule has 0 unspecified atom stereocenters. The quantitative estimate of drug-likeness (QED) is 0.804. The van der Waals surface area contributed by atoms with Crippen LogP contribution < -0.4 is 10.2 Å². The summed E-state index contributed by atoms with van der Waals surface area (Å²) >= 11 is 0. The Hall–Kier alpha value is -2.57. The molecule has 0 saturated carbocycles. The van der Waals surface area contributed by atoms with Gasteiger partial charge in [0.15, 0.2) is 0 Å². The Kier molecular flexibility index (Phi) is 5.15. The lowest BCUT2D eigenvalue weighted by atomic mass is 10.1. The van der Waals surface area contributed by atoms with E-state index in [1.165, 1.54) is 24.3 Å². The minimum atomic E-state index is -4.41. The number of anilines is 2.